The van der Waals surface area contributed by atoms with Gasteiger partial charge in [0.05, 0.1) is 17.6 Å². The Morgan fingerprint density at radius 1 is 1.24 bits per heavy atom. The Hall–Kier alpha value is -1.47. The molecule has 1 aliphatic carbocycles. The number of halogens is 2. The molecule has 2 aliphatic rings. The van der Waals surface area contributed by atoms with E-state index in [1.807, 2.05) is 31.2 Å². The minimum atomic E-state index is -0.929. The summed E-state index contributed by atoms with van der Waals surface area (Å²) in [6.07, 6.45) is 5.30. The summed E-state index contributed by atoms with van der Waals surface area (Å²) in [6, 6.07) is 9.47. The first kappa shape index (κ1) is 24.6. The summed E-state index contributed by atoms with van der Waals surface area (Å²) < 4.78 is 33.4. The number of aryl methyl sites for hydroxylation is 2. The average Bonchev–Trinajstić information content (AvgIpc) is 3.37. The first-order valence-electron chi connectivity index (χ1n) is 11.9. The Morgan fingerprint density at radius 2 is 2.12 bits per heavy atom. The van der Waals surface area contributed by atoms with Crippen molar-refractivity contribution in [3.63, 3.8) is 0 Å². The van der Waals surface area contributed by atoms with Crippen LogP contribution in [-0.2, 0) is 15.9 Å². The number of carbonyl (C=O) groups is 1. The minimum absolute atomic E-state index is 0.0568. The van der Waals surface area contributed by atoms with Gasteiger partial charge < -0.3 is 14.2 Å². The highest BCUT2D eigenvalue weighted by Gasteiger charge is 2.45. The summed E-state index contributed by atoms with van der Waals surface area (Å²) in [5.74, 6) is 0.511. The van der Waals surface area contributed by atoms with E-state index in [0.29, 0.717) is 30.4 Å². The molecule has 1 unspecified atom stereocenters. The zero-order valence-electron chi connectivity index (χ0n) is 19.0. The van der Waals surface area contributed by atoms with E-state index >= 15 is 4.39 Å². The van der Waals surface area contributed by atoms with Crippen molar-refractivity contribution in [1.82, 2.24) is 0 Å². The lowest BCUT2D eigenvalue weighted by molar-refractivity contribution is -0.197. The standard InChI is InChI=1S/C26H32ClFO4S/c1-17-11-18(27)13-19(12-17)31-16-23-22(6-4-5-20-8-9-21(15-29)33-20)24(28)14-25(23)32-26-7-2-3-10-30-26/h8-9,11-13,15,22-26H,2-7,10,14,16H2,1H3/t22-,23-,24-,25-,26?/m1/s1. The van der Waals surface area contributed by atoms with Gasteiger partial charge in [0.15, 0.2) is 12.6 Å². The highest BCUT2D eigenvalue weighted by Crippen LogP contribution is 2.41. The van der Waals surface area contributed by atoms with Crippen LogP contribution >= 0.6 is 22.9 Å². The fraction of sp³-hybridized carbons (Fsp3) is 0.577. The van der Waals surface area contributed by atoms with E-state index in [2.05, 4.69) is 0 Å². The molecule has 0 bridgehead atoms. The van der Waals surface area contributed by atoms with Crippen LogP contribution < -0.4 is 4.74 Å². The Balaban J connectivity index is 1.41. The molecule has 5 atom stereocenters. The van der Waals surface area contributed by atoms with Crippen molar-refractivity contribution in [2.45, 2.75) is 70.4 Å². The summed E-state index contributed by atoms with van der Waals surface area (Å²) >= 11 is 7.70. The van der Waals surface area contributed by atoms with Gasteiger partial charge in [-0.15, -0.1) is 11.3 Å². The number of rotatable bonds is 10. The zero-order chi connectivity index (χ0) is 23.2. The third kappa shape index (κ3) is 6.78. The van der Waals surface area contributed by atoms with Crippen LogP contribution in [0.3, 0.4) is 0 Å². The summed E-state index contributed by atoms with van der Waals surface area (Å²) in [6.45, 7) is 3.06. The van der Waals surface area contributed by atoms with Crippen molar-refractivity contribution >= 4 is 29.2 Å². The molecule has 1 aromatic heterocycles. The molecule has 0 N–H and O–H groups in total. The predicted octanol–water partition coefficient (Wildman–Crippen LogP) is 6.81. The lowest BCUT2D eigenvalue weighted by Gasteiger charge is -2.30. The maximum atomic E-state index is 15.2. The van der Waals surface area contributed by atoms with Crippen LogP contribution in [0.2, 0.25) is 5.02 Å². The second-order valence-corrected chi connectivity index (χ2v) is 10.8. The molecule has 2 fully saturated rings. The van der Waals surface area contributed by atoms with Gasteiger partial charge in [0.25, 0.3) is 0 Å². The fourth-order valence-electron chi connectivity index (χ4n) is 4.99. The fourth-order valence-corrected chi connectivity index (χ4v) is 6.14. The number of hydrogen-bond acceptors (Lipinski definition) is 5. The molecule has 0 spiro atoms. The van der Waals surface area contributed by atoms with Crippen LogP contribution in [0.25, 0.3) is 0 Å². The van der Waals surface area contributed by atoms with Crippen molar-refractivity contribution in [2.24, 2.45) is 11.8 Å². The molecule has 0 amide bonds. The highest BCUT2D eigenvalue weighted by molar-refractivity contribution is 7.13. The number of benzene rings is 1. The average molecular weight is 495 g/mol. The largest absolute Gasteiger partial charge is 0.493 e. The van der Waals surface area contributed by atoms with Gasteiger partial charge in [0.1, 0.15) is 11.9 Å². The number of alkyl halides is 1. The Morgan fingerprint density at radius 3 is 2.85 bits per heavy atom. The maximum absolute atomic E-state index is 15.2. The van der Waals surface area contributed by atoms with Gasteiger partial charge in [-0.25, -0.2) is 4.39 Å². The van der Waals surface area contributed by atoms with Gasteiger partial charge in [-0.05, 0) is 87.3 Å². The van der Waals surface area contributed by atoms with Crippen LogP contribution in [0, 0.1) is 18.8 Å². The monoisotopic (exact) mass is 494 g/mol. The van der Waals surface area contributed by atoms with E-state index < -0.39 is 6.17 Å². The highest BCUT2D eigenvalue weighted by atomic mass is 35.5. The van der Waals surface area contributed by atoms with Gasteiger partial charge in [-0.1, -0.05) is 11.6 Å². The zero-order valence-corrected chi connectivity index (χ0v) is 20.6. The van der Waals surface area contributed by atoms with Crippen LogP contribution in [0.15, 0.2) is 30.3 Å². The molecule has 4 rings (SSSR count). The maximum Gasteiger partial charge on any atom is 0.160 e. The molecule has 1 saturated heterocycles. The number of hydrogen-bond donors (Lipinski definition) is 0. The van der Waals surface area contributed by atoms with E-state index in [4.69, 9.17) is 25.8 Å². The molecule has 4 nitrogen and oxygen atoms in total. The minimum Gasteiger partial charge on any atom is -0.493 e. The van der Waals surface area contributed by atoms with Crippen LogP contribution in [-0.4, -0.2) is 38.1 Å². The van der Waals surface area contributed by atoms with Gasteiger partial charge in [0, 0.05) is 28.8 Å². The summed E-state index contributed by atoms with van der Waals surface area (Å²) in [5.41, 5.74) is 1.03. The first-order chi connectivity index (χ1) is 16.0. The number of ether oxygens (including phenoxy) is 3. The summed E-state index contributed by atoms with van der Waals surface area (Å²) in [7, 11) is 0. The van der Waals surface area contributed by atoms with Crippen LogP contribution in [0.1, 0.15) is 58.6 Å². The van der Waals surface area contributed by atoms with Gasteiger partial charge >= 0.3 is 0 Å². The molecule has 2 aromatic rings. The van der Waals surface area contributed by atoms with Gasteiger partial charge in [-0.2, -0.15) is 0 Å². The summed E-state index contributed by atoms with van der Waals surface area (Å²) in [4.78, 5) is 12.8. The Kier molecular flexibility index (Phi) is 8.80. The van der Waals surface area contributed by atoms with E-state index in [1.165, 1.54) is 11.3 Å². The van der Waals surface area contributed by atoms with Crippen LogP contribution in [0.4, 0.5) is 4.39 Å². The molecular formula is C26H32ClFO4S. The third-order valence-corrected chi connectivity index (χ3v) is 7.92. The first-order valence-corrected chi connectivity index (χ1v) is 13.1. The van der Waals surface area contributed by atoms with Crippen molar-refractivity contribution in [2.75, 3.05) is 13.2 Å². The SMILES string of the molecule is Cc1cc(Cl)cc(OC[C@@H]2[C@@H](CCCc3ccc(C=O)s3)[C@H](F)C[C@H]2OC2CCCCO2)c1. The van der Waals surface area contributed by atoms with Crippen molar-refractivity contribution in [3.8, 4) is 5.75 Å². The predicted molar refractivity (Wildman–Crippen MR) is 129 cm³/mol. The van der Waals surface area contributed by atoms with E-state index in [1.54, 1.807) is 6.07 Å². The van der Waals surface area contributed by atoms with Crippen molar-refractivity contribution < 1.29 is 23.4 Å². The second kappa shape index (κ2) is 11.8. The van der Waals surface area contributed by atoms with Crippen molar-refractivity contribution in [1.29, 1.82) is 0 Å². The molecule has 1 aromatic carbocycles. The van der Waals surface area contributed by atoms with Gasteiger partial charge in [0.2, 0.25) is 0 Å². The van der Waals surface area contributed by atoms with E-state index in [0.717, 1.165) is 60.1 Å². The molecule has 2 heterocycles. The smallest absolute Gasteiger partial charge is 0.160 e. The normalized spacial score (nSPS) is 27.5. The topological polar surface area (TPSA) is 44.8 Å². The lowest BCUT2D eigenvalue weighted by atomic mass is 9.89. The van der Waals surface area contributed by atoms with E-state index in [-0.39, 0.29) is 24.2 Å². The Bertz CT molecular complexity index is 893. The quantitative estimate of drug-likeness (QED) is 0.340. The Labute approximate surface area is 204 Å². The summed E-state index contributed by atoms with van der Waals surface area (Å²) in [5, 5.41) is 0.630. The lowest BCUT2D eigenvalue weighted by Crippen LogP contribution is -2.34. The third-order valence-electron chi connectivity index (χ3n) is 6.63. The number of aldehydes is 1. The molecule has 180 valence electrons. The molecule has 7 heteroatoms. The second-order valence-electron chi connectivity index (χ2n) is 9.14. The van der Waals surface area contributed by atoms with E-state index in [9.17, 15) is 4.79 Å². The number of carbonyl (C=O) groups excluding carboxylic acids is 1. The van der Waals surface area contributed by atoms with Crippen molar-refractivity contribution in [3.05, 3.63) is 50.7 Å². The molecule has 33 heavy (non-hydrogen) atoms. The molecular weight excluding hydrogens is 463 g/mol. The van der Waals surface area contributed by atoms with Crippen LogP contribution in [0.5, 0.6) is 5.75 Å². The van der Waals surface area contributed by atoms with Gasteiger partial charge in [-0.3, -0.25) is 4.79 Å². The molecule has 1 aliphatic heterocycles. The molecule has 1 saturated carbocycles. The molecule has 0 radical (unpaired) electrons. The number of thiophene rings is 1.